The Balaban J connectivity index is 2.18. The van der Waals surface area contributed by atoms with E-state index in [1.807, 2.05) is 0 Å². The molecule has 1 amide bonds. The normalized spacial score (nSPS) is 10.0. The Morgan fingerprint density at radius 1 is 1.35 bits per heavy atom. The summed E-state index contributed by atoms with van der Waals surface area (Å²) >= 11 is 0. The van der Waals surface area contributed by atoms with Crippen LogP contribution in [-0.4, -0.2) is 21.0 Å². The number of nitro groups is 1. The molecule has 0 spiro atoms. The van der Waals surface area contributed by atoms with E-state index in [0.29, 0.717) is 5.69 Å². The zero-order chi connectivity index (χ0) is 14.5. The Morgan fingerprint density at radius 2 is 2.15 bits per heavy atom. The van der Waals surface area contributed by atoms with E-state index in [0.717, 1.165) is 0 Å². The highest BCUT2D eigenvalue weighted by Gasteiger charge is 2.22. The third-order valence-electron chi connectivity index (χ3n) is 2.55. The molecule has 0 radical (unpaired) electrons. The predicted molar refractivity (Wildman–Crippen MR) is 70.7 cm³/mol. The van der Waals surface area contributed by atoms with E-state index in [-0.39, 0.29) is 17.8 Å². The molecule has 0 fully saturated rings. The number of nitrogens with two attached hydrogens (primary N) is 1. The molecule has 1 aromatic heterocycles. The lowest BCUT2D eigenvalue weighted by molar-refractivity contribution is -0.384. The topological polar surface area (TPSA) is 124 Å². The number of carbonyl (C=O) groups excluding carboxylic acids is 1. The number of carbonyl (C=O) groups is 1. The van der Waals surface area contributed by atoms with Crippen LogP contribution in [-0.2, 0) is 6.54 Å². The minimum atomic E-state index is -0.674. The quantitative estimate of drug-likeness (QED) is 0.484. The molecule has 0 unspecified atom stereocenters. The zero-order valence-electron chi connectivity index (χ0n) is 10.3. The zero-order valence-corrected chi connectivity index (χ0v) is 10.3. The van der Waals surface area contributed by atoms with Gasteiger partial charge < -0.3 is 11.1 Å². The van der Waals surface area contributed by atoms with Crippen molar-refractivity contribution in [3.63, 3.8) is 0 Å². The van der Waals surface area contributed by atoms with Crippen molar-refractivity contribution in [1.82, 2.24) is 15.5 Å². The SMILES string of the molecule is Nc1cccc(C(=O)NCc2cccnn2)c1[N+](=O)[O-]. The third kappa shape index (κ3) is 2.86. The maximum atomic E-state index is 12.0. The van der Waals surface area contributed by atoms with E-state index in [4.69, 9.17) is 5.73 Å². The van der Waals surface area contributed by atoms with Crippen molar-refractivity contribution in [2.45, 2.75) is 6.54 Å². The van der Waals surface area contributed by atoms with Gasteiger partial charge in [0.25, 0.3) is 5.91 Å². The maximum absolute atomic E-state index is 12.0. The molecule has 1 heterocycles. The molecule has 0 bridgehead atoms. The van der Waals surface area contributed by atoms with Crippen molar-refractivity contribution in [3.05, 3.63) is 57.9 Å². The van der Waals surface area contributed by atoms with E-state index in [1.54, 1.807) is 12.1 Å². The number of nitrogens with one attached hydrogen (secondary N) is 1. The second-order valence-electron chi connectivity index (χ2n) is 3.90. The first-order valence-corrected chi connectivity index (χ1v) is 5.67. The number of nitrogen functional groups attached to an aromatic ring is 1. The number of nitro benzene ring substituents is 1. The number of benzene rings is 1. The van der Waals surface area contributed by atoms with E-state index >= 15 is 0 Å². The van der Waals surface area contributed by atoms with Crippen molar-refractivity contribution in [2.75, 3.05) is 5.73 Å². The van der Waals surface area contributed by atoms with Crippen LogP contribution in [0.25, 0.3) is 0 Å². The third-order valence-corrected chi connectivity index (χ3v) is 2.55. The van der Waals surface area contributed by atoms with Gasteiger partial charge in [-0.3, -0.25) is 14.9 Å². The summed E-state index contributed by atoms with van der Waals surface area (Å²) in [7, 11) is 0. The standard InChI is InChI=1S/C12H11N5O3/c13-10-5-1-4-9(11(10)17(19)20)12(18)14-7-8-3-2-6-15-16-8/h1-6H,7,13H2,(H,14,18). The lowest BCUT2D eigenvalue weighted by Gasteiger charge is -2.06. The second kappa shape index (κ2) is 5.74. The van der Waals surface area contributed by atoms with Gasteiger partial charge in [-0.05, 0) is 24.3 Å². The fraction of sp³-hybridized carbons (Fsp3) is 0.0833. The number of aromatic nitrogens is 2. The maximum Gasteiger partial charge on any atom is 0.304 e. The predicted octanol–water partition coefficient (Wildman–Crippen LogP) is 0.897. The van der Waals surface area contributed by atoms with Gasteiger partial charge in [0.15, 0.2) is 0 Å². The molecule has 3 N–H and O–H groups in total. The summed E-state index contributed by atoms with van der Waals surface area (Å²) < 4.78 is 0. The summed E-state index contributed by atoms with van der Waals surface area (Å²) in [6.45, 7) is 0.124. The lowest BCUT2D eigenvalue weighted by atomic mass is 10.1. The van der Waals surface area contributed by atoms with Gasteiger partial charge in [-0.2, -0.15) is 10.2 Å². The smallest absolute Gasteiger partial charge is 0.304 e. The minimum Gasteiger partial charge on any atom is -0.393 e. The van der Waals surface area contributed by atoms with Crippen molar-refractivity contribution in [1.29, 1.82) is 0 Å². The number of anilines is 1. The molecule has 2 aromatic rings. The van der Waals surface area contributed by atoms with Crippen LogP contribution >= 0.6 is 0 Å². The van der Waals surface area contributed by atoms with E-state index in [9.17, 15) is 14.9 Å². The Bertz CT molecular complexity index is 645. The van der Waals surface area contributed by atoms with Gasteiger partial charge in [0.2, 0.25) is 0 Å². The average molecular weight is 273 g/mol. The lowest BCUT2D eigenvalue weighted by Crippen LogP contribution is -2.24. The first-order valence-electron chi connectivity index (χ1n) is 5.67. The summed E-state index contributed by atoms with van der Waals surface area (Å²) in [6, 6.07) is 7.57. The fourth-order valence-electron chi connectivity index (χ4n) is 1.64. The van der Waals surface area contributed by atoms with E-state index in [1.165, 1.54) is 24.4 Å². The van der Waals surface area contributed by atoms with Gasteiger partial charge in [-0.1, -0.05) is 6.07 Å². The Kier molecular flexibility index (Phi) is 3.85. The van der Waals surface area contributed by atoms with Gasteiger partial charge in [0.1, 0.15) is 11.3 Å². The summed E-state index contributed by atoms with van der Waals surface area (Å²) in [5.74, 6) is -0.588. The van der Waals surface area contributed by atoms with Crippen LogP contribution in [0, 0.1) is 10.1 Å². The molecule has 0 aliphatic heterocycles. The Hall–Kier alpha value is -3.03. The fourth-order valence-corrected chi connectivity index (χ4v) is 1.64. The molecule has 0 saturated carbocycles. The highest BCUT2D eigenvalue weighted by molar-refractivity contribution is 6.00. The van der Waals surface area contributed by atoms with Crippen LogP contribution in [0.5, 0.6) is 0 Å². The van der Waals surface area contributed by atoms with Crippen LogP contribution in [0.15, 0.2) is 36.5 Å². The van der Waals surface area contributed by atoms with Crippen molar-refractivity contribution < 1.29 is 9.72 Å². The second-order valence-corrected chi connectivity index (χ2v) is 3.90. The van der Waals surface area contributed by atoms with Crippen LogP contribution in [0.1, 0.15) is 16.1 Å². The van der Waals surface area contributed by atoms with Gasteiger partial charge >= 0.3 is 5.69 Å². The van der Waals surface area contributed by atoms with Gasteiger partial charge in [0.05, 0.1) is 17.2 Å². The number of rotatable bonds is 4. The number of para-hydroxylation sites is 1. The molecular formula is C12H11N5O3. The molecule has 0 aliphatic carbocycles. The first kappa shape index (κ1) is 13.4. The number of amides is 1. The molecule has 8 nitrogen and oxygen atoms in total. The Morgan fingerprint density at radius 3 is 2.80 bits per heavy atom. The summed E-state index contributed by atoms with van der Waals surface area (Å²) in [4.78, 5) is 22.2. The van der Waals surface area contributed by atoms with Gasteiger partial charge in [-0.25, -0.2) is 0 Å². The molecule has 2 rings (SSSR count). The van der Waals surface area contributed by atoms with Crippen LogP contribution in [0.2, 0.25) is 0 Å². The highest BCUT2D eigenvalue weighted by Crippen LogP contribution is 2.25. The molecule has 0 saturated heterocycles. The van der Waals surface area contributed by atoms with Crippen LogP contribution < -0.4 is 11.1 Å². The average Bonchev–Trinajstić information content (AvgIpc) is 2.45. The van der Waals surface area contributed by atoms with Crippen molar-refractivity contribution in [2.24, 2.45) is 0 Å². The number of hydrogen-bond acceptors (Lipinski definition) is 6. The van der Waals surface area contributed by atoms with Crippen molar-refractivity contribution >= 4 is 17.3 Å². The molecule has 8 heteroatoms. The highest BCUT2D eigenvalue weighted by atomic mass is 16.6. The van der Waals surface area contributed by atoms with Gasteiger partial charge in [-0.15, -0.1) is 0 Å². The Labute approximate surface area is 113 Å². The minimum absolute atomic E-state index is 0.0536. The molecule has 1 aromatic carbocycles. The van der Waals surface area contributed by atoms with E-state index < -0.39 is 16.5 Å². The molecule has 0 aliphatic rings. The van der Waals surface area contributed by atoms with Gasteiger partial charge in [0, 0.05) is 6.20 Å². The van der Waals surface area contributed by atoms with Crippen LogP contribution in [0.3, 0.4) is 0 Å². The van der Waals surface area contributed by atoms with Crippen molar-refractivity contribution in [3.8, 4) is 0 Å². The van der Waals surface area contributed by atoms with Crippen LogP contribution in [0.4, 0.5) is 11.4 Å². The molecule has 0 atom stereocenters. The summed E-state index contributed by atoms with van der Waals surface area (Å²) in [5.41, 5.74) is 5.54. The summed E-state index contributed by atoms with van der Waals surface area (Å²) in [5, 5.41) is 20.9. The monoisotopic (exact) mass is 273 g/mol. The first-order chi connectivity index (χ1) is 9.59. The summed E-state index contributed by atoms with van der Waals surface area (Å²) in [6.07, 6.45) is 1.51. The molecular weight excluding hydrogens is 262 g/mol. The largest absolute Gasteiger partial charge is 0.393 e. The van der Waals surface area contributed by atoms with E-state index in [2.05, 4.69) is 15.5 Å². The number of hydrogen-bond donors (Lipinski definition) is 2. The molecule has 102 valence electrons. The molecule has 20 heavy (non-hydrogen) atoms. The number of nitrogens with zero attached hydrogens (tertiary/aromatic N) is 3.